The second-order valence-electron chi connectivity index (χ2n) is 5.29. The lowest BCUT2D eigenvalue weighted by Gasteiger charge is -2.13. The van der Waals surface area contributed by atoms with Gasteiger partial charge in [-0.1, -0.05) is 19.4 Å². The lowest BCUT2D eigenvalue weighted by molar-refractivity contribution is 0.495. The third-order valence-corrected chi connectivity index (χ3v) is 5.15. The highest BCUT2D eigenvalue weighted by Gasteiger charge is 2.26. The Morgan fingerprint density at radius 1 is 1.42 bits per heavy atom. The van der Waals surface area contributed by atoms with Crippen LogP contribution in [0.2, 0.25) is 0 Å². The third-order valence-electron chi connectivity index (χ3n) is 3.63. The highest BCUT2D eigenvalue weighted by molar-refractivity contribution is 7.89. The summed E-state index contributed by atoms with van der Waals surface area (Å²) in [5.41, 5.74) is 5.49. The molecule has 0 aliphatic heterocycles. The zero-order chi connectivity index (χ0) is 14.0. The Labute approximate surface area is 113 Å². The monoisotopic (exact) mass is 286 g/mol. The molecule has 2 atom stereocenters. The zero-order valence-electron chi connectivity index (χ0n) is 10.9. The topological polar surface area (TPSA) is 72.2 Å². The van der Waals surface area contributed by atoms with Gasteiger partial charge in [-0.05, 0) is 36.8 Å². The largest absolute Gasteiger partial charge is 0.398 e. The number of sulfonamides is 1. The molecular weight excluding hydrogens is 267 g/mol. The molecule has 0 aromatic heterocycles. The van der Waals surface area contributed by atoms with Crippen LogP contribution in [0.5, 0.6) is 0 Å². The minimum absolute atomic E-state index is 0.0627. The summed E-state index contributed by atoms with van der Waals surface area (Å²) >= 11 is 0. The summed E-state index contributed by atoms with van der Waals surface area (Å²) in [6, 6.07) is 3.88. The van der Waals surface area contributed by atoms with Crippen molar-refractivity contribution >= 4 is 15.7 Å². The van der Waals surface area contributed by atoms with Crippen molar-refractivity contribution in [2.24, 2.45) is 11.8 Å². The maximum absolute atomic E-state index is 13.6. The van der Waals surface area contributed by atoms with Crippen LogP contribution < -0.4 is 10.5 Å². The summed E-state index contributed by atoms with van der Waals surface area (Å²) in [6.07, 6.45) is 3.14. The van der Waals surface area contributed by atoms with E-state index in [1.165, 1.54) is 12.1 Å². The molecule has 2 unspecified atom stereocenters. The molecule has 19 heavy (non-hydrogen) atoms. The van der Waals surface area contributed by atoms with Gasteiger partial charge in [0.2, 0.25) is 10.0 Å². The van der Waals surface area contributed by atoms with Crippen LogP contribution in [0.4, 0.5) is 10.1 Å². The van der Waals surface area contributed by atoms with Crippen molar-refractivity contribution in [1.82, 2.24) is 4.72 Å². The van der Waals surface area contributed by atoms with Crippen molar-refractivity contribution in [2.45, 2.75) is 31.1 Å². The maximum atomic E-state index is 13.6. The van der Waals surface area contributed by atoms with Gasteiger partial charge in [-0.25, -0.2) is 17.5 Å². The van der Waals surface area contributed by atoms with Crippen LogP contribution in [-0.2, 0) is 10.0 Å². The van der Waals surface area contributed by atoms with Crippen molar-refractivity contribution in [2.75, 3.05) is 12.3 Å². The van der Waals surface area contributed by atoms with Gasteiger partial charge in [0.25, 0.3) is 0 Å². The molecule has 1 aromatic carbocycles. The summed E-state index contributed by atoms with van der Waals surface area (Å²) in [4.78, 5) is -0.443. The molecule has 1 aromatic rings. The second kappa shape index (κ2) is 5.46. The normalized spacial score (nSPS) is 23.7. The Morgan fingerprint density at radius 2 is 2.16 bits per heavy atom. The summed E-state index contributed by atoms with van der Waals surface area (Å²) < 4.78 is 40.2. The van der Waals surface area contributed by atoms with Crippen molar-refractivity contribution in [3.63, 3.8) is 0 Å². The third kappa shape index (κ3) is 3.25. The number of nitrogen functional groups attached to an aromatic ring is 1. The first-order valence-corrected chi connectivity index (χ1v) is 7.92. The Bertz CT molecular complexity index is 540. The SMILES string of the molecule is CC1CCC(CNS(=O)(=O)c2c(N)cccc2F)C1. The van der Waals surface area contributed by atoms with Crippen molar-refractivity contribution in [3.05, 3.63) is 24.0 Å². The summed E-state index contributed by atoms with van der Waals surface area (Å²) in [5.74, 6) is 0.151. The number of hydrogen-bond acceptors (Lipinski definition) is 3. The minimum atomic E-state index is -3.88. The smallest absolute Gasteiger partial charge is 0.245 e. The lowest BCUT2D eigenvalue weighted by atomic mass is 10.1. The molecule has 1 aliphatic rings. The Hall–Kier alpha value is -1.14. The van der Waals surface area contributed by atoms with E-state index in [0.29, 0.717) is 18.4 Å². The lowest BCUT2D eigenvalue weighted by Crippen LogP contribution is -2.30. The molecule has 0 heterocycles. The molecular formula is C13H19FN2O2S. The van der Waals surface area contributed by atoms with E-state index in [1.54, 1.807) is 0 Å². The molecule has 4 nitrogen and oxygen atoms in total. The van der Waals surface area contributed by atoms with E-state index in [-0.39, 0.29) is 5.69 Å². The number of nitrogens with one attached hydrogen (secondary N) is 1. The van der Waals surface area contributed by atoms with Gasteiger partial charge in [-0.15, -0.1) is 0 Å². The predicted molar refractivity (Wildman–Crippen MR) is 72.5 cm³/mol. The van der Waals surface area contributed by atoms with Crippen LogP contribution in [0, 0.1) is 17.7 Å². The summed E-state index contributed by atoms with van der Waals surface area (Å²) in [7, 11) is -3.88. The number of rotatable bonds is 4. The van der Waals surface area contributed by atoms with Crippen LogP contribution >= 0.6 is 0 Å². The molecule has 6 heteroatoms. The first-order chi connectivity index (χ1) is 8.90. The molecule has 106 valence electrons. The van der Waals surface area contributed by atoms with Gasteiger partial charge in [0.05, 0.1) is 5.69 Å². The highest BCUT2D eigenvalue weighted by atomic mass is 32.2. The van der Waals surface area contributed by atoms with Gasteiger partial charge in [0, 0.05) is 6.54 Å². The van der Waals surface area contributed by atoms with Crippen LogP contribution in [0.15, 0.2) is 23.1 Å². The Morgan fingerprint density at radius 3 is 2.74 bits per heavy atom. The van der Waals surface area contributed by atoms with Crippen molar-refractivity contribution < 1.29 is 12.8 Å². The fourth-order valence-corrected chi connectivity index (χ4v) is 3.92. The molecule has 1 aliphatic carbocycles. The van der Waals surface area contributed by atoms with E-state index in [0.717, 1.165) is 25.3 Å². The van der Waals surface area contributed by atoms with E-state index >= 15 is 0 Å². The molecule has 2 rings (SSSR count). The molecule has 1 saturated carbocycles. The summed E-state index contributed by atoms with van der Waals surface area (Å²) in [5, 5.41) is 0. The van der Waals surface area contributed by atoms with Gasteiger partial charge in [0.15, 0.2) is 0 Å². The average Bonchev–Trinajstić information content (AvgIpc) is 2.72. The van der Waals surface area contributed by atoms with Crippen molar-refractivity contribution in [3.8, 4) is 0 Å². The van der Waals surface area contributed by atoms with Crippen LogP contribution in [0.3, 0.4) is 0 Å². The first-order valence-electron chi connectivity index (χ1n) is 6.44. The fourth-order valence-electron chi connectivity index (χ4n) is 2.62. The van der Waals surface area contributed by atoms with Gasteiger partial charge >= 0.3 is 0 Å². The zero-order valence-corrected chi connectivity index (χ0v) is 11.7. The molecule has 0 radical (unpaired) electrons. The van der Waals surface area contributed by atoms with E-state index in [1.807, 2.05) is 0 Å². The summed E-state index contributed by atoms with van der Waals surface area (Å²) in [6.45, 7) is 2.50. The molecule has 0 saturated heterocycles. The highest BCUT2D eigenvalue weighted by Crippen LogP contribution is 2.30. The molecule has 0 bridgehead atoms. The standard InChI is InChI=1S/C13H19FN2O2S/c1-9-5-6-10(7-9)8-16-19(17,18)13-11(14)3-2-4-12(13)15/h2-4,9-10,16H,5-8,15H2,1H3. The molecule has 0 amide bonds. The second-order valence-corrected chi connectivity index (χ2v) is 7.00. The van der Waals surface area contributed by atoms with Crippen LogP contribution in [-0.4, -0.2) is 15.0 Å². The minimum Gasteiger partial charge on any atom is -0.398 e. The average molecular weight is 286 g/mol. The number of anilines is 1. The van der Waals surface area contributed by atoms with E-state index < -0.39 is 20.7 Å². The number of halogens is 1. The number of nitrogens with two attached hydrogens (primary N) is 1. The fraction of sp³-hybridized carbons (Fsp3) is 0.538. The van der Waals surface area contributed by atoms with E-state index in [9.17, 15) is 12.8 Å². The van der Waals surface area contributed by atoms with E-state index in [4.69, 9.17) is 5.73 Å². The van der Waals surface area contributed by atoms with Crippen molar-refractivity contribution in [1.29, 1.82) is 0 Å². The number of hydrogen-bond donors (Lipinski definition) is 2. The first kappa shape index (κ1) is 14.3. The Kier molecular flexibility index (Phi) is 4.10. The number of benzene rings is 1. The van der Waals surface area contributed by atoms with E-state index in [2.05, 4.69) is 11.6 Å². The quantitative estimate of drug-likeness (QED) is 0.833. The van der Waals surface area contributed by atoms with Gasteiger partial charge in [-0.2, -0.15) is 0 Å². The maximum Gasteiger partial charge on any atom is 0.245 e. The van der Waals surface area contributed by atoms with Crippen LogP contribution in [0.1, 0.15) is 26.2 Å². The van der Waals surface area contributed by atoms with Crippen LogP contribution in [0.25, 0.3) is 0 Å². The predicted octanol–water partition coefficient (Wildman–Crippen LogP) is 2.12. The molecule has 0 spiro atoms. The van der Waals surface area contributed by atoms with Gasteiger partial charge in [-0.3, -0.25) is 0 Å². The van der Waals surface area contributed by atoms with Gasteiger partial charge in [0.1, 0.15) is 10.7 Å². The molecule has 1 fully saturated rings. The Balaban J connectivity index is 2.10. The van der Waals surface area contributed by atoms with Gasteiger partial charge < -0.3 is 5.73 Å². The molecule has 3 N–H and O–H groups in total.